The standard InChI is InChI=1S/C18H22N6O12/c25-5-7-11(29)13(31)17(35-7,23-3-1-9(27)19-15(23)33)21-22-18(14(32)12(30)8(6-26)36-18)24-4-2-10(28)20-16(24)34/h1-4,7-8,11-14,25-26,29-32H,5-6H2,(H,19,27,33)(H,20,28,34)/t7-,8-,11-,12-,13-,14-,17+,18+/m1/s1. The molecular weight excluding hydrogens is 492 g/mol. The summed E-state index contributed by atoms with van der Waals surface area (Å²) in [6.07, 6.45) is -9.29. The van der Waals surface area contributed by atoms with E-state index in [1.165, 1.54) is 0 Å². The Morgan fingerprint density at radius 3 is 1.39 bits per heavy atom. The average molecular weight is 514 g/mol. The van der Waals surface area contributed by atoms with Crippen LogP contribution in [0.15, 0.2) is 53.9 Å². The third kappa shape index (κ3) is 3.85. The first-order valence-corrected chi connectivity index (χ1v) is 10.4. The van der Waals surface area contributed by atoms with Gasteiger partial charge in [-0.1, -0.05) is 0 Å². The summed E-state index contributed by atoms with van der Waals surface area (Å²) in [4.78, 5) is 52.0. The zero-order chi connectivity index (χ0) is 26.4. The van der Waals surface area contributed by atoms with Crippen molar-refractivity contribution in [1.82, 2.24) is 19.1 Å². The molecule has 2 aliphatic heterocycles. The van der Waals surface area contributed by atoms with Crippen LogP contribution in [0.4, 0.5) is 0 Å². The normalized spacial score (nSPS) is 36.6. The molecule has 2 aromatic heterocycles. The van der Waals surface area contributed by atoms with Gasteiger partial charge in [-0.2, -0.15) is 0 Å². The summed E-state index contributed by atoms with van der Waals surface area (Å²) >= 11 is 0. The van der Waals surface area contributed by atoms with E-state index in [9.17, 15) is 49.8 Å². The lowest BCUT2D eigenvalue weighted by molar-refractivity contribution is -0.176. The second-order valence-electron chi connectivity index (χ2n) is 8.03. The number of aromatic amines is 2. The zero-order valence-electron chi connectivity index (χ0n) is 18.1. The van der Waals surface area contributed by atoms with Crippen LogP contribution in [0.1, 0.15) is 0 Å². The van der Waals surface area contributed by atoms with Crippen LogP contribution in [-0.2, 0) is 21.2 Å². The zero-order valence-corrected chi connectivity index (χ0v) is 18.1. The lowest BCUT2D eigenvalue weighted by Crippen LogP contribution is -2.52. The molecule has 8 N–H and O–H groups in total. The molecule has 2 saturated heterocycles. The molecule has 18 heteroatoms. The Morgan fingerprint density at radius 2 is 1.11 bits per heavy atom. The monoisotopic (exact) mass is 514 g/mol. The van der Waals surface area contributed by atoms with Gasteiger partial charge in [0.15, 0.2) is 12.2 Å². The van der Waals surface area contributed by atoms with Gasteiger partial charge in [0, 0.05) is 24.5 Å². The third-order valence-electron chi connectivity index (χ3n) is 5.86. The van der Waals surface area contributed by atoms with Gasteiger partial charge in [0.2, 0.25) is 0 Å². The van der Waals surface area contributed by atoms with Crippen LogP contribution in [0.5, 0.6) is 0 Å². The summed E-state index contributed by atoms with van der Waals surface area (Å²) in [6.45, 7) is -1.72. The fraction of sp³-hybridized carbons (Fsp3) is 0.556. The molecule has 18 nitrogen and oxygen atoms in total. The minimum Gasteiger partial charge on any atom is -0.394 e. The van der Waals surface area contributed by atoms with E-state index < -0.39 is 84.0 Å². The van der Waals surface area contributed by atoms with Crippen molar-refractivity contribution >= 4 is 0 Å². The van der Waals surface area contributed by atoms with E-state index in [4.69, 9.17) is 9.47 Å². The molecule has 4 heterocycles. The van der Waals surface area contributed by atoms with Crippen molar-refractivity contribution in [3.8, 4) is 0 Å². The minimum absolute atomic E-state index is 0.520. The smallest absolute Gasteiger partial charge is 0.332 e. The highest BCUT2D eigenvalue weighted by Gasteiger charge is 2.60. The summed E-state index contributed by atoms with van der Waals surface area (Å²) in [7, 11) is 0. The van der Waals surface area contributed by atoms with Crippen molar-refractivity contribution in [2.75, 3.05) is 13.2 Å². The van der Waals surface area contributed by atoms with Crippen molar-refractivity contribution < 1.29 is 40.1 Å². The van der Waals surface area contributed by atoms with Gasteiger partial charge >= 0.3 is 11.4 Å². The highest BCUT2D eigenvalue weighted by atomic mass is 16.6. The van der Waals surface area contributed by atoms with Crippen LogP contribution in [0.2, 0.25) is 0 Å². The van der Waals surface area contributed by atoms with Gasteiger partial charge in [-0.3, -0.25) is 19.6 Å². The van der Waals surface area contributed by atoms with Crippen molar-refractivity contribution in [3.63, 3.8) is 0 Å². The van der Waals surface area contributed by atoms with Crippen LogP contribution >= 0.6 is 0 Å². The Kier molecular flexibility index (Phi) is 6.62. The van der Waals surface area contributed by atoms with E-state index in [1.54, 1.807) is 0 Å². The largest absolute Gasteiger partial charge is 0.394 e. The molecule has 0 aliphatic carbocycles. The van der Waals surface area contributed by atoms with Crippen LogP contribution in [-0.4, -0.2) is 99.6 Å². The number of nitrogens with zero attached hydrogens (tertiary/aromatic N) is 4. The van der Waals surface area contributed by atoms with E-state index in [0.29, 0.717) is 9.13 Å². The molecule has 2 aromatic rings. The lowest BCUT2D eigenvalue weighted by atomic mass is 10.1. The number of H-pyrrole nitrogens is 2. The van der Waals surface area contributed by atoms with Gasteiger partial charge in [-0.15, -0.1) is 10.2 Å². The van der Waals surface area contributed by atoms with Gasteiger partial charge in [0.05, 0.1) is 13.2 Å². The Labute approximate surface area is 198 Å². The first-order valence-electron chi connectivity index (χ1n) is 10.4. The predicted octanol–water partition coefficient (Wildman–Crippen LogP) is -6.01. The summed E-state index contributed by atoms with van der Waals surface area (Å²) in [6, 6.07) is 1.70. The first-order chi connectivity index (χ1) is 17.0. The fourth-order valence-corrected chi connectivity index (χ4v) is 4.01. The number of nitrogens with one attached hydrogen (secondary N) is 2. The summed E-state index contributed by atoms with van der Waals surface area (Å²) in [5.41, 5.74) is -4.06. The highest BCUT2D eigenvalue weighted by Crippen LogP contribution is 2.41. The molecule has 0 bridgehead atoms. The Bertz CT molecular complexity index is 1280. The number of azo groups is 1. The highest BCUT2D eigenvalue weighted by molar-refractivity contribution is 5.03. The molecule has 8 atom stereocenters. The van der Waals surface area contributed by atoms with Gasteiger partial charge in [-0.05, 0) is 0 Å². The quantitative estimate of drug-likeness (QED) is 0.167. The van der Waals surface area contributed by atoms with Gasteiger partial charge in [0.1, 0.15) is 24.4 Å². The van der Waals surface area contributed by atoms with Crippen molar-refractivity contribution in [2.24, 2.45) is 10.2 Å². The molecular formula is C18H22N6O12. The molecule has 36 heavy (non-hydrogen) atoms. The molecule has 0 unspecified atom stereocenters. The third-order valence-corrected chi connectivity index (χ3v) is 5.86. The molecule has 2 aliphatic rings. The van der Waals surface area contributed by atoms with E-state index in [2.05, 4.69) is 10.2 Å². The van der Waals surface area contributed by atoms with Crippen molar-refractivity contribution in [2.45, 2.75) is 48.3 Å². The maximum atomic E-state index is 12.6. The lowest BCUT2D eigenvalue weighted by Gasteiger charge is -2.32. The van der Waals surface area contributed by atoms with Crippen LogP contribution < -0.4 is 22.5 Å². The van der Waals surface area contributed by atoms with Gasteiger partial charge in [0.25, 0.3) is 22.8 Å². The molecule has 0 saturated carbocycles. The van der Waals surface area contributed by atoms with E-state index in [1.807, 2.05) is 9.97 Å². The first kappa shape index (κ1) is 25.7. The molecule has 0 spiro atoms. The van der Waals surface area contributed by atoms with E-state index in [0.717, 1.165) is 24.5 Å². The van der Waals surface area contributed by atoms with Gasteiger partial charge < -0.3 is 40.1 Å². The Hall–Kier alpha value is -3.36. The second-order valence-corrected chi connectivity index (χ2v) is 8.03. The number of aromatic nitrogens is 4. The molecule has 2 fully saturated rings. The van der Waals surface area contributed by atoms with Crippen molar-refractivity contribution in [3.05, 3.63) is 66.2 Å². The molecule has 0 radical (unpaired) electrons. The number of hydrogen-bond donors (Lipinski definition) is 8. The number of aliphatic hydroxyl groups is 6. The predicted molar refractivity (Wildman–Crippen MR) is 111 cm³/mol. The maximum Gasteiger partial charge on any atom is 0.332 e. The molecule has 0 aromatic carbocycles. The summed E-state index contributed by atoms with van der Waals surface area (Å²) in [5, 5.41) is 68.9. The molecule has 196 valence electrons. The number of ether oxygens (including phenoxy) is 2. The number of aliphatic hydroxyl groups excluding tert-OH is 6. The van der Waals surface area contributed by atoms with Gasteiger partial charge in [-0.25, -0.2) is 18.7 Å². The molecule has 0 amide bonds. The van der Waals surface area contributed by atoms with E-state index in [-0.39, 0.29) is 0 Å². The SMILES string of the molecule is O=c1ccn([C@]2(N=N[C@@]3(n4ccc(=O)[nH]c4=O)O[C@H](CO)[C@@H](O)[C@H]3O)O[C@H](CO)[C@@H](O)[C@H]2O)c(=O)[nH]1. The summed E-state index contributed by atoms with van der Waals surface area (Å²) < 4.78 is 12.0. The van der Waals surface area contributed by atoms with Crippen molar-refractivity contribution in [1.29, 1.82) is 0 Å². The molecule has 4 rings (SSSR count). The van der Waals surface area contributed by atoms with Crippen LogP contribution in [0.25, 0.3) is 0 Å². The number of rotatable bonds is 6. The second kappa shape index (κ2) is 9.26. The minimum atomic E-state index is -2.70. The van der Waals surface area contributed by atoms with Crippen LogP contribution in [0.3, 0.4) is 0 Å². The topological polar surface area (TPSA) is 274 Å². The van der Waals surface area contributed by atoms with Crippen LogP contribution in [0, 0.1) is 0 Å². The fourth-order valence-electron chi connectivity index (χ4n) is 4.01. The Balaban J connectivity index is 1.96. The van der Waals surface area contributed by atoms with E-state index >= 15 is 0 Å². The Morgan fingerprint density at radius 1 is 0.750 bits per heavy atom. The number of hydrogen-bond acceptors (Lipinski definition) is 14. The summed E-state index contributed by atoms with van der Waals surface area (Å²) in [5.74, 6) is -5.39. The average Bonchev–Trinajstić information content (AvgIpc) is 3.23. The maximum absolute atomic E-state index is 12.6.